The molecule has 1 aromatic carbocycles. The molecular weight excluding hydrogens is 364 g/mol. The molecule has 0 aliphatic carbocycles. The van der Waals surface area contributed by atoms with Crippen molar-refractivity contribution in [3.63, 3.8) is 0 Å². The monoisotopic (exact) mass is 399 g/mol. The highest BCUT2D eigenvalue weighted by Gasteiger charge is 2.58. The van der Waals surface area contributed by atoms with Crippen molar-refractivity contribution in [3.8, 4) is 11.3 Å². The van der Waals surface area contributed by atoms with E-state index in [0.717, 1.165) is 36.3 Å². The molecular formula is C28H35N2+. The van der Waals surface area contributed by atoms with Gasteiger partial charge >= 0.3 is 0 Å². The Morgan fingerprint density at radius 2 is 1.60 bits per heavy atom. The van der Waals surface area contributed by atoms with Gasteiger partial charge in [-0.25, -0.2) is 0 Å². The number of hydrogen-bond acceptors (Lipinski definition) is 1. The topological polar surface area (TPSA) is 7.12 Å². The Balaban J connectivity index is 2.35. The summed E-state index contributed by atoms with van der Waals surface area (Å²) in [6.07, 6.45) is 9.02. The third-order valence-corrected chi connectivity index (χ3v) is 7.40. The van der Waals surface area contributed by atoms with Gasteiger partial charge in [-0.1, -0.05) is 53.2 Å². The zero-order valence-electron chi connectivity index (χ0n) is 19.0. The molecule has 30 heavy (non-hydrogen) atoms. The Bertz CT molecular complexity index is 989. The molecule has 1 unspecified atom stereocenters. The number of nitrogens with zero attached hydrogens (tertiary/aromatic N) is 2. The molecule has 0 bridgehead atoms. The van der Waals surface area contributed by atoms with Crippen LogP contribution in [0.1, 0.15) is 52.5 Å². The van der Waals surface area contributed by atoms with Crippen LogP contribution in [0.3, 0.4) is 0 Å². The van der Waals surface area contributed by atoms with Gasteiger partial charge in [-0.3, -0.25) is 0 Å². The smallest absolute Gasteiger partial charge is 0.213 e. The number of aromatic nitrogens is 1. The number of hydrogen-bond donors (Lipinski definition) is 0. The Kier molecular flexibility index (Phi) is 5.90. The zero-order chi connectivity index (χ0) is 22.1. The molecule has 0 spiro atoms. The maximum atomic E-state index is 4.16. The molecule has 0 saturated carbocycles. The molecule has 0 radical (unpaired) electrons. The first kappa shape index (κ1) is 21.8. The van der Waals surface area contributed by atoms with Crippen molar-refractivity contribution in [2.24, 2.45) is 0 Å². The fourth-order valence-electron chi connectivity index (χ4n) is 5.51. The summed E-state index contributed by atoms with van der Waals surface area (Å²) in [5.74, 6) is 0. The summed E-state index contributed by atoms with van der Waals surface area (Å²) in [4.78, 5) is 2.01. The largest absolute Gasteiger partial charge is 0.312 e. The van der Waals surface area contributed by atoms with Crippen molar-refractivity contribution in [1.82, 2.24) is 0 Å². The summed E-state index contributed by atoms with van der Waals surface area (Å²) < 4.78 is 2.53. The molecule has 0 amide bonds. The maximum absolute atomic E-state index is 4.16. The minimum absolute atomic E-state index is 0.0269. The van der Waals surface area contributed by atoms with Crippen LogP contribution in [0.25, 0.3) is 11.3 Å². The Hall–Kier alpha value is -2.87. The van der Waals surface area contributed by atoms with Crippen molar-refractivity contribution in [2.75, 3.05) is 4.90 Å². The molecule has 1 aromatic heterocycles. The highest BCUT2D eigenvalue weighted by molar-refractivity contribution is 5.74. The minimum Gasteiger partial charge on any atom is -0.312 e. The van der Waals surface area contributed by atoms with E-state index >= 15 is 0 Å². The van der Waals surface area contributed by atoms with E-state index < -0.39 is 0 Å². The van der Waals surface area contributed by atoms with Gasteiger partial charge in [0.05, 0.1) is 11.0 Å². The van der Waals surface area contributed by atoms with Crippen LogP contribution in [0.4, 0.5) is 5.69 Å². The van der Waals surface area contributed by atoms with E-state index in [0.29, 0.717) is 0 Å². The van der Waals surface area contributed by atoms with Crippen LogP contribution in [-0.4, -0.2) is 0 Å². The third kappa shape index (κ3) is 2.89. The lowest BCUT2D eigenvalue weighted by Crippen LogP contribution is -2.68. The maximum Gasteiger partial charge on any atom is 0.213 e. The number of allylic oxidation sites excluding steroid dienone is 2. The molecule has 1 atom stereocenters. The Morgan fingerprint density at radius 3 is 2.13 bits per heavy atom. The van der Waals surface area contributed by atoms with E-state index in [9.17, 15) is 0 Å². The van der Waals surface area contributed by atoms with Crippen molar-refractivity contribution < 1.29 is 4.57 Å². The van der Waals surface area contributed by atoms with Gasteiger partial charge in [0.1, 0.15) is 0 Å². The first-order valence-corrected chi connectivity index (χ1v) is 10.9. The lowest BCUT2D eigenvalue weighted by molar-refractivity contribution is -0.769. The predicted octanol–water partition coefficient (Wildman–Crippen LogP) is 7.04. The lowest BCUT2D eigenvalue weighted by Gasteiger charge is -2.48. The number of fused-ring (bicyclic) bond motifs is 3. The second kappa shape index (κ2) is 8.10. The van der Waals surface area contributed by atoms with Gasteiger partial charge in [-0.05, 0) is 49.3 Å². The van der Waals surface area contributed by atoms with E-state index in [-0.39, 0.29) is 11.0 Å². The van der Waals surface area contributed by atoms with Crippen LogP contribution in [0.15, 0.2) is 92.5 Å². The first-order chi connectivity index (χ1) is 14.3. The van der Waals surface area contributed by atoms with Gasteiger partial charge in [0.2, 0.25) is 5.69 Å². The minimum atomic E-state index is 0.0269. The van der Waals surface area contributed by atoms with Crippen LogP contribution in [0.5, 0.6) is 0 Å². The third-order valence-electron chi connectivity index (χ3n) is 7.40. The number of rotatable bonds is 8. The highest BCUT2D eigenvalue weighted by Crippen LogP contribution is 2.51. The molecule has 3 rings (SSSR count). The first-order valence-electron chi connectivity index (χ1n) is 10.9. The SMILES string of the molecule is C=CC(=C)N(C(=C)C=C)c1ccc2c(c1)-c1cccc[n+]1C(CC)(CC)C2(C)CC. The van der Waals surface area contributed by atoms with Crippen molar-refractivity contribution in [1.29, 1.82) is 0 Å². The average Bonchev–Trinajstić information content (AvgIpc) is 2.79. The molecule has 2 heteroatoms. The van der Waals surface area contributed by atoms with E-state index in [1.54, 1.807) is 12.2 Å². The molecule has 2 nitrogen and oxygen atoms in total. The summed E-state index contributed by atoms with van der Waals surface area (Å²) >= 11 is 0. The molecule has 1 aliphatic rings. The highest BCUT2D eigenvalue weighted by atomic mass is 15.1. The molecule has 2 heterocycles. The number of pyridine rings is 1. The quantitative estimate of drug-likeness (QED) is 0.341. The summed E-state index contributed by atoms with van der Waals surface area (Å²) in [7, 11) is 0. The van der Waals surface area contributed by atoms with E-state index in [2.05, 4.69) is 101 Å². The van der Waals surface area contributed by atoms with Crippen molar-refractivity contribution >= 4 is 5.69 Å². The van der Waals surface area contributed by atoms with Gasteiger partial charge in [0, 0.05) is 42.1 Å². The van der Waals surface area contributed by atoms with Gasteiger partial charge < -0.3 is 4.90 Å². The van der Waals surface area contributed by atoms with Crippen LogP contribution in [-0.2, 0) is 11.0 Å². The molecule has 156 valence electrons. The summed E-state index contributed by atoms with van der Waals surface area (Å²) in [5, 5.41) is 0. The lowest BCUT2D eigenvalue weighted by atomic mass is 9.59. The summed E-state index contributed by atoms with van der Waals surface area (Å²) in [5.41, 5.74) is 6.61. The van der Waals surface area contributed by atoms with Gasteiger partial charge in [0.25, 0.3) is 0 Å². The number of benzene rings is 1. The molecule has 0 saturated heterocycles. The summed E-state index contributed by atoms with van der Waals surface area (Å²) in [6.45, 7) is 25.5. The van der Waals surface area contributed by atoms with E-state index in [4.69, 9.17) is 0 Å². The molecule has 1 aliphatic heterocycles. The van der Waals surface area contributed by atoms with Gasteiger partial charge in [-0.15, -0.1) is 0 Å². The second-order valence-electron chi connectivity index (χ2n) is 8.34. The van der Waals surface area contributed by atoms with Gasteiger partial charge in [0.15, 0.2) is 11.7 Å². The fourth-order valence-corrected chi connectivity index (χ4v) is 5.51. The van der Waals surface area contributed by atoms with Crippen LogP contribution in [0.2, 0.25) is 0 Å². The van der Waals surface area contributed by atoms with E-state index in [1.165, 1.54) is 16.8 Å². The standard InChI is InChI=1S/C28H35N2/c1-9-21(6)30(22(7)10-2)23-17-18-25-24(20-23)26-16-14-15-19-29(26)28(12-4,13-5)27(25,8)11-3/h9-10,14-20H,1-2,6-7,11-13H2,3-5,8H3/q+1. The molecule has 2 aromatic rings. The number of anilines is 1. The average molecular weight is 400 g/mol. The predicted molar refractivity (Wildman–Crippen MR) is 129 cm³/mol. The summed E-state index contributed by atoms with van der Waals surface area (Å²) in [6, 6.07) is 13.3. The zero-order valence-corrected chi connectivity index (χ0v) is 19.0. The molecule has 0 N–H and O–H groups in total. The van der Waals surface area contributed by atoms with E-state index in [1.807, 2.05) is 4.90 Å². The van der Waals surface area contributed by atoms with Crippen LogP contribution in [0, 0.1) is 0 Å². The second-order valence-corrected chi connectivity index (χ2v) is 8.34. The Labute approximate surface area is 182 Å². The fraction of sp³-hybridized carbons (Fsp3) is 0.321. The van der Waals surface area contributed by atoms with Crippen LogP contribution >= 0.6 is 0 Å². The Morgan fingerprint density at radius 1 is 0.967 bits per heavy atom. The van der Waals surface area contributed by atoms with Crippen molar-refractivity contribution in [3.05, 3.63) is 98.0 Å². The normalized spacial score (nSPS) is 18.7. The molecule has 0 fully saturated rings. The van der Waals surface area contributed by atoms with Crippen LogP contribution < -0.4 is 9.47 Å². The van der Waals surface area contributed by atoms with Gasteiger partial charge in [-0.2, -0.15) is 4.57 Å². The van der Waals surface area contributed by atoms with Crippen molar-refractivity contribution in [2.45, 2.75) is 57.9 Å².